The van der Waals surface area contributed by atoms with Crippen molar-refractivity contribution in [2.45, 2.75) is 13.1 Å². The lowest BCUT2D eigenvalue weighted by molar-refractivity contribution is -0.137. The molecule has 3 nitrogen and oxygen atoms in total. The fourth-order valence-electron chi connectivity index (χ4n) is 1.23. The first-order chi connectivity index (χ1) is 8.31. The van der Waals surface area contributed by atoms with Crippen LogP contribution >= 0.6 is 15.9 Å². The van der Waals surface area contributed by atoms with Crippen LogP contribution in [0.15, 0.2) is 16.6 Å². The highest BCUT2D eigenvalue weighted by Gasteiger charge is 2.33. The Morgan fingerprint density at radius 3 is 2.56 bits per heavy atom. The highest BCUT2D eigenvalue weighted by Crippen LogP contribution is 2.34. The molecule has 0 unspecified atom stereocenters. The third-order valence-corrected chi connectivity index (χ3v) is 2.87. The molecule has 0 aliphatic rings. The molecule has 0 heterocycles. The average molecular weight is 322 g/mol. The molecule has 0 N–H and O–H groups in total. The van der Waals surface area contributed by atoms with Crippen molar-refractivity contribution in [1.29, 1.82) is 5.26 Å². The van der Waals surface area contributed by atoms with Gasteiger partial charge in [-0.15, -0.1) is 0 Å². The van der Waals surface area contributed by atoms with Crippen LogP contribution in [0.5, 0.6) is 0 Å². The molecule has 18 heavy (non-hydrogen) atoms. The van der Waals surface area contributed by atoms with E-state index in [0.29, 0.717) is 12.1 Å². The second-order valence-electron chi connectivity index (χ2n) is 3.22. The third kappa shape index (κ3) is 3.01. The topological polar surface area (TPSA) is 50.1 Å². The average Bonchev–Trinajstić information content (AvgIpc) is 2.28. The molecule has 0 radical (unpaired) electrons. The SMILES string of the molecule is CCOC(=O)c1cc(C(F)(F)F)cc(C#N)c1Br. The van der Waals surface area contributed by atoms with Gasteiger partial charge in [0.1, 0.15) is 6.07 Å². The van der Waals surface area contributed by atoms with Crippen molar-refractivity contribution in [2.75, 3.05) is 6.61 Å². The van der Waals surface area contributed by atoms with E-state index in [1.165, 1.54) is 6.92 Å². The second-order valence-corrected chi connectivity index (χ2v) is 4.01. The minimum atomic E-state index is -4.63. The van der Waals surface area contributed by atoms with Gasteiger partial charge in [0.25, 0.3) is 0 Å². The molecule has 0 fully saturated rings. The Kier molecular flexibility index (Phi) is 4.35. The van der Waals surface area contributed by atoms with E-state index in [1.54, 1.807) is 6.07 Å². The Morgan fingerprint density at radius 2 is 2.11 bits per heavy atom. The van der Waals surface area contributed by atoms with Crippen LogP contribution in [-0.2, 0) is 10.9 Å². The van der Waals surface area contributed by atoms with Gasteiger partial charge in [-0.25, -0.2) is 4.79 Å². The van der Waals surface area contributed by atoms with Gasteiger partial charge in [0.05, 0.1) is 23.3 Å². The van der Waals surface area contributed by atoms with Gasteiger partial charge < -0.3 is 4.74 Å². The standard InChI is InChI=1S/C11H7BrF3NO2/c1-2-18-10(17)8-4-7(11(13,14)15)3-6(5-16)9(8)12/h3-4H,2H2,1H3. The van der Waals surface area contributed by atoms with Gasteiger partial charge in [-0.2, -0.15) is 18.4 Å². The summed E-state index contributed by atoms with van der Waals surface area (Å²) in [6.07, 6.45) is -4.63. The molecule has 1 rings (SSSR count). The Hall–Kier alpha value is -1.55. The van der Waals surface area contributed by atoms with E-state index in [2.05, 4.69) is 20.7 Å². The van der Waals surface area contributed by atoms with Crippen molar-refractivity contribution < 1.29 is 22.7 Å². The number of hydrogen-bond acceptors (Lipinski definition) is 3. The molecule has 7 heteroatoms. The van der Waals surface area contributed by atoms with Gasteiger partial charge >= 0.3 is 12.1 Å². The maximum absolute atomic E-state index is 12.6. The van der Waals surface area contributed by atoms with Crippen LogP contribution < -0.4 is 0 Å². The fourth-order valence-corrected chi connectivity index (χ4v) is 1.71. The Bertz CT molecular complexity index is 520. The van der Waals surface area contributed by atoms with Crippen molar-refractivity contribution in [3.05, 3.63) is 33.3 Å². The van der Waals surface area contributed by atoms with Gasteiger partial charge in [0.2, 0.25) is 0 Å². The van der Waals surface area contributed by atoms with Crippen molar-refractivity contribution >= 4 is 21.9 Å². The number of ether oxygens (including phenoxy) is 1. The summed E-state index contributed by atoms with van der Waals surface area (Å²) in [6.45, 7) is 1.56. The predicted molar refractivity (Wildman–Crippen MR) is 59.8 cm³/mol. The van der Waals surface area contributed by atoms with Crippen molar-refractivity contribution in [3.8, 4) is 6.07 Å². The van der Waals surface area contributed by atoms with Gasteiger partial charge in [-0.1, -0.05) is 0 Å². The maximum Gasteiger partial charge on any atom is 0.416 e. The molecular weight excluding hydrogens is 315 g/mol. The molecular formula is C11H7BrF3NO2. The summed E-state index contributed by atoms with van der Waals surface area (Å²) in [5.41, 5.74) is -1.65. The van der Waals surface area contributed by atoms with Crippen LogP contribution in [-0.4, -0.2) is 12.6 Å². The van der Waals surface area contributed by atoms with E-state index in [1.807, 2.05) is 0 Å². The molecule has 0 saturated heterocycles. The summed E-state index contributed by atoms with van der Waals surface area (Å²) in [5, 5.41) is 8.75. The minimum absolute atomic E-state index is 0.00329. The molecule has 0 aliphatic carbocycles. The number of halogens is 4. The highest BCUT2D eigenvalue weighted by atomic mass is 79.9. The van der Waals surface area contributed by atoms with E-state index in [0.717, 1.165) is 0 Å². The molecule has 0 bridgehead atoms. The fraction of sp³-hybridized carbons (Fsp3) is 0.273. The Morgan fingerprint density at radius 1 is 1.50 bits per heavy atom. The Labute approximate surface area is 109 Å². The molecule has 0 saturated carbocycles. The summed E-state index contributed by atoms with van der Waals surface area (Å²) in [5.74, 6) is -0.910. The molecule has 0 atom stereocenters. The quantitative estimate of drug-likeness (QED) is 0.783. The van der Waals surface area contributed by atoms with Crippen LogP contribution in [0.1, 0.15) is 28.4 Å². The van der Waals surface area contributed by atoms with Crippen molar-refractivity contribution in [1.82, 2.24) is 0 Å². The summed E-state index contributed by atoms with van der Waals surface area (Å²) < 4.78 is 42.4. The normalized spacial score (nSPS) is 10.9. The number of benzene rings is 1. The first-order valence-corrected chi connectivity index (χ1v) is 5.58. The number of carbonyl (C=O) groups is 1. The number of nitriles is 1. The molecule has 1 aromatic carbocycles. The number of alkyl halides is 3. The first-order valence-electron chi connectivity index (χ1n) is 4.79. The van der Waals surface area contributed by atoms with E-state index in [4.69, 9.17) is 5.26 Å². The van der Waals surface area contributed by atoms with E-state index < -0.39 is 17.7 Å². The zero-order chi connectivity index (χ0) is 13.9. The van der Waals surface area contributed by atoms with Gasteiger partial charge in [-0.05, 0) is 35.0 Å². The van der Waals surface area contributed by atoms with Crippen LogP contribution in [0.3, 0.4) is 0 Å². The second kappa shape index (κ2) is 5.40. The van der Waals surface area contributed by atoms with Crippen molar-refractivity contribution in [2.24, 2.45) is 0 Å². The van der Waals surface area contributed by atoms with Gasteiger partial charge in [0, 0.05) is 4.47 Å². The third-order valence-electron chi connectivity index (χ3n) is 2.02. The number of esters is 1. The van der Waals surface area contributed by atoms with Crippen LogP contribution in [0.4, 0.5) is 13.2 Å². The van der Waals surface area contributed by atoms with E-state index >= 15 is 0 Å². The smallest absolute Gasteiger partial charge is 0.416 e. The zero-order valence-corrected chi connectivity index (χ0v) is 10.7. The Balaban J connectivity index is 3.42. The lowest BCUT2D eigenvalue weighted by Gasteiger charge is -2.11. The van der Waals surface area contributed by atoms with E-state index in [9.17, 15) is 18.0 Å². The maximum atomic E-state index is 12.6. The monoisotopic (exact) mass is 321 g/mol. The van der Waals surface area contributed by atoms with Crippen LogP contribution in [0, 0.1) is 11.3 Å². The first kappa shape index (κ1) is 14.5. The molecule has 0 spiro atoms. The molecule has 0 amide bonds. The number of nitrogens with zero attached hydrogens (tertiary/aromatic N) is 1. The van der Waals surface area contributed by atoms with Gasteiger partial charge in [0.15, 0.2) is 0 Å². The van der Waals surface area contributed by atoms with Crippen molar-refractivity contribution in [3.63, 3.8) is 0 Å². The molecule has 1 aromatic rings. The van der Waals surface area contributed by atoms with Gasteiger partial charge in [-0.3, -0.25) is 0 Å². The molecule has 0 aromatic heterocycles. The summed E-state index contributed by atoms with van der Waals surface area (Å²) >= 11 is 2.92. The molecule has 96 valence electrons. The summed E-state index contributed by atoms with van der Waals surface area (Å²) in [6, 6.07) is 2.92. The minimum Gasteiger partial charge on any atom is -0.462 e. The lowest BCUT2D eigenvalue weighted by atomic mass is 10.1. The predicted octanol–water partition coefficient (Wildman–Crippen LogP) is 3.52. The van der Waals surface area contributed by atoms with Crippen LogP contribution in [0.25, 0.3) is 0 Å². The number of hydrogen-bond donors (Lipinski definition) is 0. The molecule has 0 aliphatic heterocycles. The zero-order valence-electron chi connectivity index (χ0n) is 9.14. The summed E-state index contributed by atoms with van der Waals surface area (Å²) in [7, 11) is 0. The number of rotatable bonds is 2. The number of carbonyl (C=O) groups excluding carboxylic acids is 1. The highest BCUT2D eigenvalue weighted by molar-refractivity contribution is 9.10. The largest absolute Gasteiger partial charge is 0.462 e. The summed E-state index contributed by atoms with van der Waals surface area (Å²) in [4.78, 5) is 11.5. The van der Waals surface area contributed by atoms with Crippen LogP contribution in [0.2, 0.25) is 0 Å². The lowest BCUT2D eigenvalue weighted by Crippen LogP contribution is -2.11. The van der Waals surface area contributed by atoms with E-state index in [-0.39, 0.29) is 22.2 Å².